The number of alkyl halides is 1. The Morgan fingerprint density at radius 1 is 1.56 bits per heavy atom. The van der Waals surface area contributed by atoms with Crippen molar-refractivity contribution in [2.45, 2.75) is 51.1 Å². The van der Waals surface area contributed by atoms with Gasteiger partial charge < -0.3 is 20.6 Å². The highest BCUT2D eigenvalue weighted by molar-refractivity contribution is 5.58. The molecule has 0 bridgehead atoms. The Balaban J connectivity index is 2.77. The van der Waals surface area contributed by atoms with Crippen molar-refractivity contribution in [1.29, 1.82) is 5.41 Å². The summed E-state index contributed by atoms with van der Waals surface area (Å²) in [5.41, 5.74) is -0.861. The third-order valence-electron chi connectivity index (χ3n) is 3.57. The minimum Gasteiger partial charge on any atom is -0.389 e. The van der Waals surface area contributed by atoms with Gasteiger partial charge in [-0.3, -0.25) is 0 Å². The Kier molecular flexibility index (Phi) is 5.25. The number of nitrogens with one attached hydrogen (secondary N) is 2. The van der Waals surface area contributed by atoms with Gasteiger partial charge in [0.15, 0.2) is 0 Å². The summed E-state index contributed by atoms with van der Waals surface area (Å²) >= 11 is 0. The lowest BCUT2D eigenvalue weighted by Gasteiger charge is -2.42. The fourth-order valence-corrected chi connectivity index (χ4v) is 2.55. The summed E-state index contributed by atoms with van der Waals surface area (Å²) < 4.78 is 19.4. The second-order valence-corrected chi connectivity index (χ2v) is 5.91. The molecule has 0 aromatic heterocycles. The van der Waals surface area contributed by atoms with Gasteiger partial charge in [-0.2, -0.15) is 0 Å². The highest BCUT2D eigenvalue weighted by atomic mass is 19.1. The van der Waals surface area contributed by atoms with Crippen LogP contribution >= 0.6 is 0 Å². The van der Waals surface area contributed by atoms with Gasteiger partial charge in [-0.15, -0.1) is 0 Å². The number of aliphatic hydroxyl groups is 1. The molecule has 1 fully saturated rings. The van der Waals surface area contributed by atoms with Crippen molar-refractivity contribution in [3.05, 3.63) is 0 Å². The van der Waals surface area contributed by atoms with Crippen LogP contribution in [0.3, 0.4) is 0 Å². The van der Waals surface area contributed by atoms with Crippen LogP contribution in [0.2, 0.25) is 0 Å². The molecule has 1 aliphatic rings. The summed E-state index contributed by atoms with van der Waals surface area (Å²) in [7, 11) is 1.50. The van der Waals surface area contributed by atoms with Crippen molar-refractivity contribution in [3.8, 4) is 0 Å². The van der Waals surface area contributed by atoms with Gasteiger partial charge in [0.25, 0.3) is 0 Å². The third kappa shape index (κ3) is 3.73. The number of halogens is 1. The van der Waals surface area contributed by atoms with Crippen LogP contribution in [0.4, 0.5) is 4.39 Å². The quantitative estimate of drug-likeness (QED) is 0.654. The first-order valence-corrected chi connectivity index (χ1v) is 6.43. The number of hydrogen-bond acceptors (Lipinski definition) is 4. The molecule has 0 amide bonds. The van der Waals surface area contributed by atoms with Gasteiger partial charge in [-0.25, -0.2) is 4.39 Å². The Morgan fingerprint density at radius 3 is 2.61 bits per heavy atom. The maximum Gasteiger partial charge on any atom is 0.130 e. The molecule has 0 aromatic carbocycles. The fourth-order valence-electron chi connectivity index (χ4n) is 2.55. The Hall–Kier alpha value is -0.520. The zero-order valence-electron chi connectivity index (χ0n) is 11.6. The van der Waals surface area contributed by atoms with E-state index in [1.54, 1.807) is 13.8 Å². The van der Waals surface area contributed by atoms with E-state index in [-0.39, 0.29) is 17.9 Å². The molecule has 1 saturated carbocycles. The topological polar surface area (TPSA) is 65.3 Å². The molecule has 5 heteroatoms. The standard InChI is InChI=1S/C13H25FN2O2/c1-8-5-9(6-15)11(12(18-4)10(8)14)16-7-13(2,3)17/h6,8-12,15-17H,5,7H2,1-4H3/t8?,9?,10?,11?,12-/m1/s1. The summed E-state index contributed by atoms with van der Waals surface area (Å²) in [5.74, 6) is -0.166. The van der Waals surface area contributed by atoms with Gasteiger partial charge in [0.2, 0.25) is 0 Å². The summed E-state index contributed by atoms with van der Waals surface area (Å²) in [6.45, 7) is 5.58. The normalized spacial score (nSPS) is 37.6. The number of hydrogen-bond donors (Lipinski definition) is 3. The van der Waals surface area contributed by atoms with Gasteiger partial charge in [0, 0.05) is 25.6 Å². The highest BCUT2D eigenvalue weighted by Crippen LogP contribution is 2.32. The molecule has 1 aliphatic carbocycles. The molecule has 18 heavy (non-hydrogen) atoms. The van der Waals surface area contributed by atoms with Crippen LogP contribution in [0.1, 0.15) is 27.2 Å². The molecule has 0 heterocycles. The van der Waals surface area contributed by atoms with Gasteiger partial charge in [0.1, 0.15) is 12.3 Å². The summed E-state index contributed by atoms with van der Waals surface area (Å²) in [6, 6.07) is -0.259. The maximum atomic E-state index is 14.1. The van der Waals surface area contributed by atoms with Crippen LogP contribution in [0.5, 0.6) is 0 Å². The maximum absolute atomic E-state index is 14.1. The summed E-state index contributed by atoms with van der Waals surface area (Å²) in [4.78, 5) is 0. The van der Waals surface area contributed by atoms with E-state index in [1.807, 2.05) is 6.92 Å². The molecule has 0 saturated heterocycles. The van der Waals surface area contributed by atoms with Crippen LogP contribution in [0.25, 0.3) is 0 Å². The first-order valence-electron chi connectivity index (χ1n) is 6.43. The van der Waals surface area contributed by atoms with E-state index in [9.17, 15) is 9.50 Å². The minimum atomic E-state index is -1.04. The van der Waals surface area contributed by atoms with Crippen molar-refractivity contribution in [3.63, 3.8) is 0 Å². The Labute approximate surface area is 108 Å². The fraction of sp³-hybridized carbons (Fsp3) is 0.923. The lowest BCUT2D eigenvalue weighted by molar-refractivity contribution is -0.0546. The molecule has 0 aliphatic heterocycles. The van der Waals surface area contributed by atoms with Crippen molar-refractivity contribution >= 4 is 6.21 Å². The molecule has 106 valence electrons. The first-order chi connectivity index (χ1) is 8.30. The van der Waals surface area contributed by atoms with Crippen LogP contribution in [0, 0.1) is 17.2 Å². The molecular weight excluding hydrogens is 235 g/mol. The van der Waals surface area contributed by atoms with E-state index in [1.165, 1.54) is 13.3 Å². The van der Waals surface area contributed by atoms with Gasteiger partial charge in [0.05, 0.1) is 5.60 Å². The number of ether oxygens (including phenoxy) is 1. The smallest absolute Gasteiger partial charge is 0.130 e. The zero-order valence-corrected chi connectivity index (χ0v) is 11.6. The van der Waals surface area contributed by atoms with E-state index >= 15 is 0 Å². The predicted octanol–water partition coefficient (Wildman–Crippen LogP) is 1.37. The third-order valence-corrected chi connectivity index (χ3v) is 3.57. The van der Waals surface area contributed by atoms with Crippen LogP contribution in [0.15, 0.2) is 0 Å². The van der Waals surface area contributed by atoms with Crippen LogP contribution < -0.4 is 5.32 Å². The number of rotatable bonds is 5. The second kappa shape index (κ2) is 6.08. The Morgan fingerprint density at radius 2 is 2.17 bits per heavy atom. The number of methoxy groups -OCH3 is 1. The monoisotopic (exact) mass is 260 g/mol. The van der Waals surface area contributed by atoms with Gasteiger partial charge in [-0.1, -0.05) is 6.92 Å². The SMILES string of the molecule is CO[C@@H]1C(F)C(C)CC(C=N)C1NCC(C)(C)O. The molecule has 4 nitrogen and oxygen atoms in total. The van der Waals surface area contributed by atoms with E-state index in [0.29, 0.717) is 13.0 Å². The second-order valence-electron chi connectivity index (χ2n) is 5.91. The molecule has 5 atom stereocenters. The van der Waals surface area contributed by atoms with E-state index in [0.717, 1.165) is 0 Å². The van der Waals surface area contributed by atoms with E-state index in [2.05, 4.69) is 5.32 Å². The van der Waals surface area contributed by atoms with E-state index < -0.39 is 17.9 Å². The lowest BCUT2D eigenvalue weighted by Crippen LogP contribution is -2.58. The molecule has 4 unspecified atom stereocenters. The lowest BCUT2D eigenvalue weighted by atomic mass is 9.76. The van der Waals surface area contributed by atoms with Crippen molar-refractivity contribution in [2.75, 3.05) is 13.7 Å². The molecule has 0 spiro atoms. The molecule has 0 radical (unpaired) electrons. The minimum absolute atomic E-state index is 0.0562. The van der Waals surface area contributed by atoms with Gasteiger partial charge >= 0.3 is 0 Å². The van der Waals surface area contributed by atoms with Crippen molar-refractivity contribution in [2.24, 2.45) is 11.8 Å². The largest absolute Gasteiger partial charge is 0.389 e. The Bertz CT molecular complexity index is 281. The van der Waals surface area contributed by atoms with Crippen LogP contribution in [-0.2, 0) is 4.74 Å². The van der Waals surface area contributed by atoms with E-state index in [4.69, 9.17) is 10.1 Å². The zero-order chi connectivity index (χ0) is 13.9. The average Bonchev–Trinajstić information content (AvgIpc) is 2.28. The molecule has 3 N–H and O–H groups in total. The van der Waals surface area contributed by atoms with Gasteiger partial charge in [-0.05, 0) is 32.4 Å². The summed E-state index contributed by atoms with van der Waals surface area (Å²) in [5, 5.41) is 20.4. The highest BCUT2D eigenvalue weighted by Gasteiger charge is 2.43. The molecule has 1 rings (SSSR count). The van der Waals surface area contributed by atoms with Crippen molar-refractivity contribution < 1.29 is 14.2 Å². The van der Waals surface area contributed by atoms with Crippen LogP contribution in [-0.4, -0.2) is 48.9 Å². The average molecular weight is 260 g/mol. The molecular formula is C13H25FN2O2. The summed E-state index contributed by atoms with van der Waals surface area (Å²) in [6.07, 6.45) is 0.387. The predicted molar refractivity (Wildman–Crippen MR) is 69.8 cm³/mol. The first kappa shape index (κ1) is 15.5. The molecule has 0 aromatic rings. The van der Waals surface area contributed by atoms with Crippen molar-refractivity contribution in [1.82, 2.24) is 5.32 Å².